The third-order valence-corrected chi connectivity index (χ3v) is 3.18. The summed E-state index contributed by atoms with van der Waals surface area (Å²) >= 11 is 0. The topological polar surface area (TPSA) is 32.3 Å². The number of nitrogens with zero attached hydrogens (tertiary/aromatic N) is 1. The maximum absolute atomic E-state index is 12.6. The molecule has 1 saturated heterocycles. The van der Waals surface area contributed by atoms with E-state index in [0.717, 1.165) is 13.0 Å². The van der Waals surface area contributed by atoms with E-state index in [4.69, 9.17) is 0 Å². The summed E-state index contributed by atoms with van der Waals surface area (Å²) in [6.07, 6.45) is -3.19. The molecule has 1 aliphatic rings. The number of rotatable bonds is 5. The normalized spacial score (nSPS) is 21.9. The van der Waals surface area contributed by atoms with Crippen molar-refractivity contribution in [3.63, 3.8) is 0 Å². The molecule has 1 aliphatic heterocycles. The summed E-state index contributed by atoms with van der Waals surface area (Å²) in [6.45, 7) is 5.59. The van der Waals surface area contributed by atoms with Crippen molar-refractivity contribution in [1.82, 2.24) is 10.2 Å². The molecule has 18 heavy (non-hydrogen) atoms. The van der Waals surface area contributed by atoms with Gasteiger partial charge in [-0.1, -0.05) is 0 Å². The van der Waals surface area contributed by atoms with Crippen molar-refractivity contribution in [1.29, 1.82) is 0 Å². The second-order valence-electron chi connectivity index (χ2n) is 4.88. The first kappa shape index (κ1) is 15.2. The average molecular weight is 270 g/mol. The van der Waals surface area contributed by atoms with Gasteiger partial charge < -0.3 is 10.2 Å². The fraction of sp³-hybridized carbons (Fsp3) is 0.909. The van der Waals surface area contributed by atoms with Crippen LogP contribution in [0.2, 0.25) is 0 Å². The molecule has 3 nitrogen and oxygen atoms in total. The maximum Gasteiger partial charge on any atom is 0.383 e. The van der Waals surface area contributed by atoms with Crippen LogP contribution in [0.15, 0.2) is 0 Å². The van der Waals surface area contributed by atoms with Crippen molar-refractivity contribution in [2.45, 2.75) is 38.7 Å². The molecule has 106 valence electrons. The first-order valence-corrected chi connectivity index (χ1v) is 5.93. The molecule has 1 rings (SSSR count). The van der Waals surface area contributed by atoms with Crippen LogP contribution in [-0.4, -0.2) is 48.8 Å². The SMILES string of the molecule is CC(C)N1CCC(CNC(=O)C(F)(F)C(F)F)C1. The molecule has 0 bridgehead atoms. The first-order chi connectivity index (χ1) is 8.25. The van der Waals surface area contributed by atoms with Gasteiger partial charge in [0.25, 0.3) is 5.91 Å². The van der Waals surface area contributed by atoms with Gasteiger partial charge in [-0.2, -0.15) is 8.78 Å². The summed E-state index contributed by atoms with van der Waals surface area (Å²) in [5.74, 6) is -6.44. The Hall–Kier alpha value is -0.850. The molecule has 1 N–H and O–H groups in total. The predicted octanol–water partition coefficient (Wildman–Crippen LogP) is 1.73. The molecule has 1 fully saturated rings. The van der Waals surface area contributed by atoms with Gasteiger partial charge in [-0.05, 0) is 32.7 Å². The minimum atomic E-state index is -4.60. The summed E-state index contributed by atoms with van der Waals surface area (Å²) in [5.41, 5.74) is 0. The van der Waals surface area contributed by atoms with Crippen LogP contribution in [0.4, 0.5) is 17.6 Å². The number of likely N-dealkylation sites (tertiary alicyclic amines) is 1. The Morgan fingerprint density at radius 3 is 2.50 bits per heavy atom. The smallest absolute Gasteiger partial charge is 0.350 e. The van der Waals surface area contributed by atoms with Crippen LogP contribution < -0.4 is 5.32 Å². The Balaban J connectivity index is 2.37. The standard InChI is InChI=1S/C11H18F4N2O/c1-7(2)17-4-3-8(6-17)5-16-10(18)11(14,15)9(12)13/h7-9H,3-6H2,1-2H3,(H,16,18). The fourth-order valence-corrected chi connectivity index (χ4v) is 1.95. The van der Waals surface area contributed by atoms with Crippen LogP contribution in [0.1, 0.15) is 20.3 Å². The summed E-state index contributed by atoms with van der Waals surface area (Å²) in [6, 6.07) is 0.355. The summed E-state index contributed by atoms with van der Waals surface area (Å²) in [5, 5.41) is 1.91. The lowest BCUT2D eigenvalue weighted by Crippen LogP contribution is -2.46. The summed E-state index contributed by atoms with van der Waals surface area (Å²) < 4.78 is 49.1. The van der Waals surface area contributed by atoms with Crippen LogP contribution in [-0.2, 0) is 4.79 Å². The van der Waals surface area contributed by atoms with E-state index in [-0.39, 0.29) is 12.5 Å². The zero-order valence-electron chi connectivity index (χ0n) is 10.4. The molecule has 7 heteroatoms. The second kappa shape index (κ2) is 5.86. The molecule has 0 aromatic carbocycles. The number of hydrogen-bond acceptors (Lipinski definition) is 2. The molecule has 0 spiro atoms. The number of halogens is 4. The molecule has 0 saturated carbocycles. The van der Waals surface area contributed by atoms with E-state index in [1.54, 1.807) is 0 Å². The third kappa shape index (κ3) is 3.57. The zero-order chi connectivity index (χ0) is 13.9. The van der Waals surface area contributed by atoms with E-state index in [9.17, 15) is 22.4 Å². The number of carbonyl (C=O) groups excluding carboxylic acids is 1. The van der Waals surface area contributed by atoms with Crippen LogP contribution in [0.5, 0.6) is 0 Å². The number of carbonyl (C=O) groups is 1. The van der Waals surface area contributed by atoms with Gasteiger partial charge in [0, 0.05) is 19.1 Å². The molecule has 1 atom stereocenters. The number of nitrogens with one attached hydrogen (secondary N) is 1. The molecule has 0 aliphatic carbocycles. The van der Waals surface area contributed by atoms with E-state index >= 15 is 0 Å². The first-order valence-electron chi connectivity index (χ1n) is 5.93. The predicted molar refractivity (Wildman–Crippen MR) is 58.8 cm³/mol. The summed E-state index contributed by atoms with van der Waals surface area (Å²) in [4.78, 5) is 13.1. The van der Waals surface area contributed by atoms with E-state index in [2.05, 4.69) is 4.90 Å². The van der Waals surface area contributed by atoms with Gasteiger partial charge in [0.1, 0.15) is 0 Å². The Bertz CT molecular complexity index is 297. The highest BCUT2D eigenvalue weighted by molar-refractivity contribution is 5.83. The van der Waals surface area contributed by atoms with Gasteiger partial charge >= 0.3 is 12.3 Å². The fourth-order valence-electron chi connectivity index (χ4n) is 1.95. The Morgan fingerprint density at radius 1 is 1.44 bits per heavy atom. The zero-order valence-corrected chi connectivity index (χ0v) is 10.4. The van der Waals surface area contributed by atoms with E-state index < -0.39 is 18.3 Å². The number of amides is 1. The molecule has 0 aromatic rings. The van der Waals surface area contributed by atoms with Crippen molar-refractivity contribution in [3.05, 3.63) is 0 Å². The highest BCUT2D eigenvalue weighted by Crippen LogP contribution is 2.23. The largest absolute Gasteiger partial charge is 0.383 e. The van der Waals surface area contributed by atoms with Crippen LogP contribution in [0.25, 0.3) is 0 Å². The molecule has 0 aromatic heterocycles. The monoisotopic (exact) mass is 270 g/mol. The second-order valence-corrected chi connectivity index (χ2v) is 4.88. The highest BCUT2D eigenvalue weighted by Gasteiger charge is 2.48. The van der Waals surface area contributed by atoms with Gasteiger partial charge in [0.2, 0.25) is 0 Å². The molecule has 0 radical (unpaired) electrons. The molecule has 1 unspecified atom stereocenters. The van der Waals surface area contributed by atoms with Crippen molar-refractivity contribution in [2.75, 3.05) is 19.6 Å². The maximum atomic E-state index is 12.6. The average Bonchev–Trinajstić information content (AvgIpc) is 2.74. The molecule has 1 amide bonds. The van der Waals surface area contributed by atoms with Gasteiger partial charge in [0.15, 0.2) is 0 Å². The minimum absolute atomic E-state index is 0.0182. The Kier molecular flexibility index (Phi) is 4.95. The van der Waals surface area contributed by atoms with Crippen molar-refractivity contribution >= 4 is 5.91 Å². The van der Waals surface area contributed by atoms with Gasteiger partial charge in [-0.3, -0.25) is 4.79 Å². The third-order valence-electron chi connectivity index (χ3n) is 3.18. The highest BCUT2D eigenvalue weighted by atomic mass is 19.3. The van der Waals surface area contributed by atoms with E-state index in [0.29, 0.717) is 12.6 Å². The van der Waals surface area contributed by atoms with Crippen LogP contribution in [0.3, 0.4) is 0 Å². The van der Waals surface area contributed by atoms with Crippen molar-refractivity contribution < 1.29 is 22.4 Å². The van der Waals surface area contributed by atoms with Crippen molar-refractivity contribution in [2.24, 2.45) is 5.92 Å². The lowest BCUT2D eigenvalue weighted by atomic mass is 10.1. The number of hydrogen-bond donors (Lipinski definition) is 1. The lowest BCUT2D eigenvalue weighted by Gasteiger charge is -2.21. The number of alkyl halides is 4. The van der Waals surface area contributed by atoms with E-state index in [1.807, 2.05) is 19.2 Å². The Labute approximate surface area is 104 Å². The van der Waals surface area contributed by atoms with Gasteiger partial charge in [-0.15, -0.1) is 0 Å². The van der Waals surface area contributed by atoms with E-state index in [1.165, 1.54) is 0 Å². The summed E-state index contributed by atoms with van der Waals surface area (Å²) in [7, 11) is 0. The molecular formula is C11H18F4N2O. The van der Waals surface area contributed by atoms with Crippen LogP contribution in [0, 0.1) is 5.92 Å². The quantitative estimate of drug-likeness (QED) is 0.772. The van der Waals surface area contributed by atoms with Gasteiger partial charge in [-0.25, -0.2) is 8.78 Å². The molecule has 1 heterocycles. The lowest BCUT2D eigenvalue weighted by molar-refractivity contribution is -0.169. The van der Waals surface area contributed by atoms with Crippen molar-refractivity contribution in [3.8, 4) is 0 Å². The minimum Gasteiger partial charge on any atom is -0.350 e. The molecular weight excluding hydrogens is 252 g/mol. The van der Waals surface area contributed by atoms with Gasteiger partial charge in [0.05, 0.1) is 0 Å². The Morgan fingerprint density at radius 2 is 2.06 bits per heavy atom. The van der Waals surface area contributed by atoms with Crippen LogP contribution >= 0.6 is 0 Å².